The maximum atomic E-state index is 11.8. The number of allylic oxidation sites excluding steroid dienone is 4. The van der Waals surface area contributed by atoms with E-state index >= 15 is 0 Å². The van der Waals surface area contributed by atoms with Gasteiger partial charge in [-0.3, -0.25) is 9.59 Å². The van der Waals surface area contributed by atoms with E-state index in [1.807, 2.05) is 6.08 Å². The molecule has 1 rings (SSSR count). The minimum atomic E-state index is -0.724. The van der Waals surface area contributed by atoms with Crippen molar-refractivity contribution in [1.82, 2.24) is 0 Å². The third-order valence-electron chi connectivity index (χ3n) is 3.61. The van der Waals surface area contributed by atoms with Gasteiger partial charge in [-0.1, -0.05) is 38.0 Å². The Kier molecular flexibility index (Phi) is 7.16. The number of carboxylic acid groups (broad SMARTS) is 1. The van der Waals surface area contributed by atoms with Crippen molar-refractivity contribution in [2.75, 3.05) is 0 Å². The van der Waals surface area contributed by atoms with Crippen LogP contribution in [0.3, 0.4) is 0 Å². The predicted molar refractivity (Wildman–Crippen MR) is 75.9 cm³/mol. The van der Waals surface area contributed by atoms with Crippen molar-refractivity contribution in [3.63, 3.8) is 0 Å². The zero-order valence-electron chi connectivity index (χ0n) is 11.7. The molecular formula is C16H24O3. The molecule has 3 nitrogen and oxygen atoms in total. The average molecular weight is 264 g/mol. The summed E-state index contributed by atoms with van der Waals surface area (Å²) in [5.74, 6) is -0.0177. The quantitative estimate of drug-likeness (QED) is 0.509. The van der Waals surface area contributed by atoms with Crippen LogP contribution in [0, 0.1) is 11.8 Å². The Balaban J connectivity index is 2.27. The van der Waals surface area contributed by atoms with E-state index in [4.69, 9.17) is 5.11 Å². The van der Waals surface area contributed by atoms with Crippen LogP contribution in [0.5, 0.6) is 0 Å². The fraction of sp³-hybridized carbons (Fsp3) is 0.625. The SMILES string of the molecule is CC/C=C/C[C@@H]1C(=O)C=C[C@@H]1CCCCCC(=O)O. The van der Waals surface area contributed by atoms with Gasteiger partial charge < -0.3 is 5.11 Å². The second kappa shape index (κ2) is 8.68. The molecule has 2 atom stereocenters. The van der Waals surface area contributed by atoms with Gasteiger partial charge in [0.05, 0.1) is 0 Å². The van der Waals surface area contributed by atoms with Crippen LogP contribution in [-0.2, 0) is 9.59 Å². The molecule has 0 heterocycles. The lowest BCUT2D eigenvalue weighted by Crippen LogP contribution is -2.15. The van der Waals surface area contributed by atoms with Crippen molar-refractivity contribution in [3.05, 3.63) is 24.3 Å². The molecule has 0 saturated carbocycles. The smallest absolute Gasteiger partial charge is 0.303 e. The number of hydrogen-bond donors (Lipinski definition) is 1. The molecular weight excluding hydrogens is 240 g/mol. The Labute approximate surface area is 115 Å². The molecule has 0 amide bonds. The van der Waals surface area contributed by atoms with Gasteiger partial charge in [0.1, 0.15) is 0 Å². The third kappa shape index (κ3) is 5.86. The summed E-state index contributed by atoms with van der Waals surface area (Å²) in [4.78, 5) is 22.2. The minimum Gasteiger partial charge on any atom is -0.481 e. The van der Waals surface area contributed by atoms with Crippen molar-refractivity contribution in [2.24, 2.45) is 11.8 Å². The summed E-state index contributed by atoms with van der Waals surface area (Å²) in [6.45, 7) is 2.09. The van der Waals surface area contributed by atoms with Crippen molar-refractivity contribution >= 4 is 11.8 Å². The Bertz CT molecular complexity index is 355. The summed E-state index contributed by atoms with van der Waals surface area (Å²) in [6.07, 6.45) is 13.7. The van der Waals surface area contributed by atoms with Gasteiger partial charge in [0.2, 0.25) is 0 Å². The van der Waals surface area contributed by atoms with Gasteiger partial charge in [0.15, 0.2) is 5.78 Å². The minimum absolute atomic E-state index is 0.113. The average Bonchev–Trinajstić information content (AvgIpc) is 2.71. The highest BCUT2D eigenvalue weighted by atomic mass is 16.4. The highest BCUT2D eigenvalue weighted by Gasteiger charge is 2.28. The molecule has 1 aliphatic rings. The lowest BCUT2D eigenvalue weighted by molar-refractivity contribution is -0.137. The highest BCUT2D eigenvalue weighted by molar-refractivity contribution is 5.94. The topological polar surface area (TPSA) is 54.4 Å². The van der Waals surface area contributed by atoms with Gasteiger partial charge in [0, 0.05) is 12.3 Å². The molecule has 0 fully saturated rings. The second-order valence-electron chi connectivity index (χ2n) is 5.14. The van der Waals surface area contributed by atoms with E-state index in [1.54, 1.807) is 6.08 Å². The monoisotopic (exact) mass is 264 g/mol. The van der Waals surface area contributed by atoms with E-state index in [1.165, 1.54) is 0 Å². The van der Waals surface area contributed by atoms with Crippen LogP contribution >= 0.6 is 0 Å². The summed E-state index contributed by atoms with van der Waals surface area (Å²) in [5.41, 5.74) is 0. The van der Waals surface area contributed by atoms with Gasteiger partial charge in [-0.25, -0.2) is 0 Å². The second-order valence-corrected chi connectivity index (χ2v) is 5.14. The fourth-order valence-electron chi connectivity index (χ4n) is 2.52. The fourth-order valence-corrected chi connectivity index (χ4v) is 2.52. The lowest BCUT2D eigenvalue weighted by atomic mass is 9.87. The standard InChI is InChI=1S/C16H24O3/c1-2-3-5-9-14-13(11-12-15(14)17)8-6-4-7-10-16(18)19/h3,5,11-14H,2,4,6-10H2,1H3,(H,18,19)/b5-3+/t13-,14-/m0/s1. The largest absolute Gasteiger partial charge is 0.481 e. The predicted octanol–water partition coefficient (Wildman–Crippen LogP) is 3.75. The number of rotatable bonds is 9. The first kappa shape index (κ1) is 15.7. The zero-order chi connectivity index (χ0) is 14.1. The molecule has 0 aromatic rings. The van der Waals surface area contributed by atoms with Gasteiger partial charge in [-0.15, -0.1) is 0 Å². The number of ketones is 1. The van der Waals surface area contributed by atoms with E-state index < -0.39 is 5.97 Å². The lowest BCUT2D eigenvalue weighted by Gasteiger charge is -2.16. The molecule has 3 heteroatoms. The third-order valence-corrected chi connectivity index (χ3v) is 3.61. The van der Waals surface area contributed by atoms with Crippen molar-refractivity contribution in [2.45, 2.75) is 51.9 Å². The number of aliphatic carboxylic acids is 1. The molecule has 0 aliphatic heterocycles. The molecule has 0 saturated heterocycles. The molecule has 1 aliphatic carbocycles. The summed E-state index contributed by atoms with van der Waals surface area (Å²) in [7, 11) is 0. The number of carbonyl (C=O) groups is 2. The Morgan fingerprint density at radius 2 is 2.11 bits per heavy atom. The summed E-state index contributed by atoms with van der Waals surface area (Å²) in [5, 5.41) is 8.56. The van der Waals surface area contributed by atoms with Gasteiger partial charge in [0.25, 0.3) is 0 Å². The van der Waals surface area contributed by atoms with Crippen molar-refractivity contribution in [3.8, 4) is 0 Å². The summed E-state index contributed by atoms with van der Waals surface area (Å²) < 4.78 is 0. The van der Waals surface area contributed by atoms with E-state index in [0.29, 0.717) is 5.92 Å². The molecule has 0 spiro atoms. The highest BCUT2D eigenvalue weighted by Crippen LogP contribution is 2.30. The maximum absolute atomic E-state index is 11.8. The van der Waals surface area contributed by atoms with Crippen LogP contribution < -0.4 is 0 Å². The van der Waals surface area contributed by atoms with E-state index in [9.17, 15) is 9.59 Å². The van der Waals surface area contributed by atoms with Gasteiger partial charge >= 0.3 is 5.97 Å². The first-order chi connectivity index (χ1) is 9.15. The van der Waals surface area contributed by atoms with E-state index in [2.05, 4.69) is 19.1 Å². The van der Waals surface area contributed by atoms with Gasteiger partial charge in [-0.2, -0.15) is 0 Å². The Morgan fingerprint density at radius 1 is 1.32 bits per heavy atom. The molecule has 0 aromatic heterocycles. The summed E-state index contributed by atoms with van der Waals surface area (Å²) in [6, 6.07) is 0. The molecule has 0 unspecified atom stereocenters. The number of carbonyl (C=O) groups excluding carboxylic acids is 1. The Morgan fingerprint density at radius 3 is 2.79 bits per heavy atom. The Hall–Kier alpha value is -1.38. The van der Waals surface area contributed by atoms with Crippen LogP contribution in [0.2, 0.25) is 0 Å². The van der Waals surface area contributed by atoms with Crippen molar-refractivity contribution < 1.29 is 14.7 Å². The molecule has 106 valence electrons. The van der Waals surface area contributed by atoms with Gasteiger partial charge in [-0.05, 0) is 37.7 Å². The summed E-state index contributed by atoms with van der Waals surface area (Å²) >= 11 is 0. The zero-order valence-corrected chi connectivity index (χ0v) is 11.7. The number of unbranched alkanes of at least 4 members (excludes halogenated alkanes) is 2. The van der Waals surface area contributed by atoms with E-state index in [-0.39, 0.29) is 18.1 Å². The van der Waals surface area contributed by atoms with Crippen LogP contribution in [0.25, 0.3) is 0 Å². The maximum Gasteiger partial charge on any atom is 0.303 e. The molecule has 0 bridgehead atoms. The molecule has 1 N–H and O–H groups in total. The molecule has 0 aromatic carbocycles. The van der Waals surface area contributed by atoms with Crippen LogP contribution in [0.1, 0.15) is 51.9 Å². The van der Waals surface area contributed by atoms with Crippen LogP contribution in [0.4, 0.5) is 0 Å². The van der Waals surface area contributed by atoms with E-state index in [0.717, 1.165) is 38.5 Å². The van der Waals surface area contributed by atoms with Crippen LogP contribution in [-0.4, -0.2) is 16.9 Å². The number of hydrogen-bond acceptors (Lipinski definition) is 2. The molecule has 0 radical (unpaired) electrons. The molecule has 19 heavy (non-hydrogen) atoms. The number of carboxylic acids is 1. The van der Waals surface area contributed by atoms with Crippen molar-refractivity contribution in [1.29, 1.82) is 0 Å². The normalized spacial score (nSPS) is 22.5. The van der Waals surface area contributed by atoms with Crippen LogP contribution in [0.15, 0.2) is 24.3 Å². The first-order valence-corrected chi connectivity index (χ1v) is 7.24. The first-order valence-electron chi connectivity index (χ1n) is 7.24.